The first-order valence-corrected chi connectivity index (χ1v) is 6.91. The van der Waals surface area contributed by atoms with Gasteiger partial charge in [0.1, 0.15) is 17.5 Å². The van der Waals surface area contributed by atoms with Crippen LogP contribution in [0.2, 0.25) is 5.02 Å². The number of aromatic nitrogens is 2. The molecule has 2 aromatic rings. The van der Waals surface area contributed by atoms with Crippen LogP contribution in [0.5, 0.6) is 0 Å². The van der Waals surface area contributed by atoms with E-state index in [0.29, 0.717) is 33.7 Å². The van der Waals surface area contributed by atoms with Crippen LogP contribution in [0.1, 0.15) is 36.7 Å². The monoisotopic (exact) mass is 301 g/mol. The first kappa shape index (κ1) is 15.1. The fourth-order valence-electron chi connectivity index (χ4n) is 1.75. The number of benzene rings is 1. The van der Waals surface area contributed by atoms with Gasteiger partial charge in [0.05, 0.1) is 22.3 Å². The summed E-state index contributed by atoms with van der Waals surface area (Å²) in [7, 11) is 0. The molecule has 0 saturated carbocycles. The largest absolute Gasteiger partial charge is 0.383 e. The Bertz CT molecular complexity index is 719. The Morgan fingerprint density at radius 2 is 2.05 bits per heavy atom. The van der Waals surface area contributed by atoms with Crippen molar-refractivity contribution >= 4 is 28.9 Å². The fourth-order valence-corrected chi connectivity index (χ4v) is 1.97. The Morgan fingerprint density at radius 3 is 2.62 bits per heavy atom. The molecule has 1 aromatic carbocycles. The van der Waals surface area contributed by atoms with Crippen molar-refractivity contribution in [1.82, 2.24) is 9.97 Å². The van der Waals surface area contributed by atoms with E-state index in [1.807, 2.05) is 26.8 Å². The van der Waals surface area contributed by atoms with E-state index >= 15 is 0 Å². The quantitative estimate of drug-likeness (QED) is 0.901. The number of nitrogens with one attached hydrogen (secondary N) is 1. The van der Waals surface area contributed by atoms with Gasteiger partial charge in [-0.3, -0.25) is 0 Å². The number of rotatable bonds is 3. The first-order chi connectivity index (χ1) is 9.92. The molecule has 21 heavy (non-hydrogen) atoms. The van der Waals surface area contributed by atoms with Gasteiger partial charge in [-0.25, -0.2) is 9.97 Å². The average molecular weight is 302 g/mol. The molecule has 0 spiro atoms. The second-order valence-corrected chi connectivity index (χ2v) is 5.43. The highest BCUT2D eigenvalue weighted by molar-refractivity contribution is 6.33. The molecule has 0 amide bonds. The van der Waals surface area contributed by atoms with Gasteiger partial charge in [0, 0.05) is 11.5 Å². The van der Waals surface area contributed by atoms with E-state index in [4.69, 9.17) is 22.6 Å². The lowest BCUT2D eigenvalue weighted by Gasteiger charge is -2.14. The van der Waals surface area contributed by atoms with Gasteiger partial charge in [-0.15, -0.1) is 0 Å². The van der Waals surface area contributed by atoms with Crippen LogP contribution in [-0.2, 0) is 0 Å². The van der Waals surface area contributed by atoms with Gasteiger partial charge in [-0.2, -0.15) is 5.26 Å². The van der Waals surface area contributed by atoms with Crippen molar-refractivity contribution in [2.45, 2.75) is 26.7 Å². The highest BCUT2D eigenvalue weighted by Crippen LogP contribution is 2.29. The lowest BCUT2D eigenvalue weighted by atomic mass is 10.2. The number of nitriles is 1. The van der Waals surface area contributed by atoms with Crippen molar-refractivity contribution < 1.29 is 0 Å². The molecule has 0 aliphatic carbocycles. The summed E-state index contributed by atoms with van der Waals surface area (Å²) in [6.45, 7) is 5.85. The zero-order valence-electron chi connectivity index (χ0n) is 12.1. The second kappa shape index (κ2) is 5.98. The smallest absolute Gasteiger partial charge is 0.139 e. The summed E-state index contributed by atoms with van der Waals surface area (Å²) >= 11 is 6.16. The van der Waals surface area contributed by atoms with Crippen molar-refractivity contribution in [3.63, 3.8) is 0 Å². The maximum absolute atomic E-state index is 8.85. The molecule has 5 nitrogen and oxygen atoms in total. The third-order valence-corrected chi connectivity index (χ3v) is 3.38. The summed E-state index contributed by atoms with van der Waals surface area (Å²) < 4.78 is 0. The molecule has 6 heteroatoms. The lowest BCUT2D eigenvalue weighted by molar-refractivity contribution is 0.776. The zero-order valence-corrected chi connectivity index (χ0v) is 12.9. The molecule has 0 fully saturated rings. The SMILES string of the molecule is Cc1c(N)nc(C(C)C)nc1Nc1ccc(C#N)cc1Cl. The van der Waals surface area contributed by atoms with Crippen molar-refractivity contribution in [3.05, 3.63) is 40.2 Å². The van der Waals surface area contributed by atoms with Gasteiger partial charge in [-0.1, -0.05) is 25.4 Å². The fraction of sp³-hybridized carbons (Fsp3) is 0.267. The maximum Gasteiger partial charge on any atom is 0.139 e. The number of nitrogen functional groups attached to an aromatic ring is 1. The maximum atomic E-state index is 8.85. The van der Waals surface area contributed by atoms with E-state index in [1.165, 1.54) is 0 Å². The van der Waals surface area contributed by atoms with Gasteiger partial charge < -0.3 is 11.1 Å². The van der Waals surface area contributed by atoms with E-state index < -0.39 is 0 Å². The van der Waals surface area contributed by atoms with Crippen LogP contribution < -0.4 is 11.1 Å². The molecular weight excluding hydrogens is 286 g/mol. The first-order valence-electron chi connectivity index (χ1n) is 6.53. The summed E-state index contributed by atoms with van der Waals surface area (Å²) in [6.07, 6.45) is 0. The van der Waals surface area contributed by atoms with E-state index in [9.17, 15) is 0 Å². The van der Waals surface area contributed by atoms with Crippen molar-refractivity contribution in [3.8, 4) is 6.07 Å². The molecule has 0 unspecified atom stereocenters. The number of nitrogens with zero attached hydrogens (tertiary/aromatic N) is 3. The summed E-state index contributed by atoms with van der Waals surface area (Å²) in [5, 5.41) is 12.5. The number of hydrogen-bond acceptors (Lipinski definition) is 5. The van der Waals surface area contributed by atoms with Crippen LogP contribution >= 0.6 is 11.6 Å². The lowest BCUT2D eigenvalue weighted by Crippen LogP contribution is -2.08. The number of nitrogens with two attached hydrogens (primary N) is 1. The Morgan fingerprint density at radius 1 is 1.33 bits per heavy atom. The minimum absolute atomic E-state index is 0.171. The van der Waals surface area contributed by atoms with Crippen LogP contribution in [0.15, 0.2) is 18.2 Å². The predicted octanol–water partition coefficient (Wildman–Crippen LogP) is 3.76. The van der Waals surface area contributed by atoms with E-state index in [2.05, 4.69) is 15.3 Å². The minimum Gasteiger partial charge on any atom is -0.383 e. The summed E-state index contributed by atoms with van der Waals surface area (Å²) in [6, 6.07) is 7.09. The molecular formula is C15H16ClN5. The minimum atomic E-state index is 0.171. The van der Waals surface area contributed by atoms with Crippen LogP contribution in [0.25, 0.3) is 0 Å². The summed E-state index contributed by atoms with van der Waals surface area (Å²) in [5.74, 6) is 1.91. The molecule has 1 aromatic heterocycles. The molecule has 3 N–H and O–H groups in total. The van der Waals surface area contributed by atoms with Crippen LogP contribution in [-0.4, -0.2) is 9.97 Å². The van der Waals surface area contributed by atoms with Crippen molar-refractivity contribution in [1.29, 1.82) is 5.26 Å². The van der Waals surface area contributed by atoms with E-state index in [0.717, 1.165) is 5.56 Å². The normalized spacial score (nSPS) is 10.5. The molecule has 0 saturated heterocycles. The molecule has 0 bridgehead atoms. The van der Waals surface area contributed by atoms with E-state index in [1.54, 1.807) is 18.2 Å². The number of halogens is 1. The van der Waals surface area contributed by atoms with Crippen LogP contribution in [0.4, 0.5) is 17.3 Å². The Balaban J connectivity index is 2.42. The number of hydrogen-bond donors (Lipinski definition) is 2. The molecule has 0 atom stereocenters. The summed E-state index contributed by atoms with van der Waals surface area (Å²) in [5.41, 5.74) is 7.87. The van der Waals surface area contributed by atoms with Crippen LogP contribution in [0.3, 0.4) is 0 Å². The molecule has 0 aliphatic rings. The van der Waals surface area contributed by atoms with Gasteiger partial charge in [0.25, 0.3) is 0 Å². The molecule has 2 rings (SSSR count). The Kier molecular flexibility index (Phi) is 4.29. The Labute approximate surface area is 128 Å². The average Bonchev–Trinajstić information content (AvgIpc) is 2.45. The second-order valence-electron chi connectivity index (χ2n) is 5.03. The molecule has 0 aliphatic heterocycles. The van der Waals surface area contributed by atoms with Crippen LogP contribution in [0, 0.1) is 18.3 Å². The molecule has 108 valence electrons. The van der Waals surface area contributed by atoms with Gasteiger partial charge >= 0.3 is 0 Å². The van der Waals surface area contributed by atoms with Crippen molar-refractivity contribution in [2.75, 3.05) is 11.1 Å². The molecule has 0 radical (unpaired) electrons. The standard InChI is InChI=1S/C15H16ClN5/c1-8(2)14-20-13(18)9(3)15(21-14)19-12-5-4-10(7-17)6-11(12)16/h4-6,8H,1-3H3,(H3,18,19,20,21). The highest BCUT2D eigenvalue weighted by atomic mass is 35.5. The Hall–Kier alpha value is -2.32. The van der Waals surface area contributed by atoms with E-state index in [-0.39, 0.29) is 5.92 Å². The summed E-state index contributed by atoms with van der Waals surface area (Å²) in [4.78, 5) is 8.76. The van der Waals surface area contributed by atoms with Crippen molar-refractivity contribution in [2.24, 2.45) is 0 Å². The third-order valence-electron chi connectivity index (χ3n) is 3.07. The predicted molar refractivity (Wildman–Crippen MR) is 84.7 cm³/mol. The number of anilines is 3. The molecule has 1 heterocycles. The van der Waals surface area contributed by atoms with Gasteiger partial charge in [0.2, 0.25) is 0 Å². The highest BCUT2D eigenvalue weighted by Gasteiger charge is 2.12. The topological polar surface area (TPSA) is 87.6 Å². The van der Waals surface area contributed by atoms with Gasteiger partial charge in [-0.05, 0) is 25.1 Å². The van der Waals surface area contributed by atoms with Gasteiger partial charge in [0.15, 0.2) is 0 Å². The zero-order chi connectivity index (χ0) is 15.6. The third kappa shape index (κ3) is 3.23.